The number of carbonyl (C=O) groups is 1. The number of carbonyl (C=O) groups excluding carboxylic acids is 1. The van der Waals surface area contributed by atoms with Gasteiger partial charge in [0.1, 0.15) is 5.75 Å². The third-order valence-corrected chi connectivity index (χ3v) is 2.52. The summed E-state index contributed by atoms with van der Waals surface area (Å²) in [6.45, 7) is 0.0794. The molecule has 0 heterocycles. The molecule has 1 N–H and O–H groups in total. The molecule has 92 valence electrons. The van der Waals surface area contributed by atoms with Gasteiger partial charge in [0.15, 0.2) is 0 Å². The van der Waals surface area contributed by atoms with Crippen molar-refractivity contribution in [3.05, 3.63) is 65.7 Å². The summed E-state index contributed by atoms with van der Waals surface area (Å²) in [7, 11) is 0. The van der Waals surface area contributed by atoms with Crippen LogP contribution in [0.15, 0.2) is 54.6 Å². The van der Waals surface area contributed by atoms with Crippen molar-refractivity contribution in [1.29, 1.82) is 0 Å². The number of ether oxygens (including phenoxy) is 1. The highest BCUT2D eigenvalue weighted by molar-refractivity contribution is 5.90. The predicted molar refractivity (Wildman–Crippen MR) is 68.6 cm³/mol. The van der Waals surface area contributed by atoms with Gasteiger partial charge in [-0.1, -0.05) is 30.3 Å². The second-order valence-electron chi connectivity index (χ2n) is 3.88. The number of aliphatic hydroxyl groups is 1. The average Bonchev–Trinajstić information content (AvgIpc) is 2.40. The molecule has 0 aliphatic rings. The van der Waals surface area contributed by atoms with Crippen LogP contribution in [0.5, 0.6) is 5.75 Å². The van der Waals surface area contributed by atoms with E-state index in [0.29, 0.717) is 17.7 Å². The van der Waals surface area contributed by atoms with Gasteiger partial charge in [-0.25, -0.2) is 4.79 Å². The summed E-state index contributed by atoms with van der Waals surface area (Å²) in [4.78, 5) is 11.8. The van der Waals surface area contributed by atoms with E-state index in [1.54, 1.807) is 42.5 Å². The fraction of sp³-hybridized carbons (Fsp3) is 0.133. The normalized spacial score (nSPS) is 10.1. The highest BCUT2D eigenvalue weighted by Gasteiger charge is 2.07. The van der Waals surface area contributed by atoms with Gasteiger partial charge in [-0.3, -0.25) is 0 Å². The van der Waals surface area contributed by atoms with Crippen molar-refractivity contribution in [1.82, 2.24) is 0 Å². The molecule has 0 spiro atoms. The largest absolute Gasteiger partial charge is 0.423 e. The van der Waals surface area contributed by atoms with E-state index in [1.165, 1.54) is 0 Å². The monoisotopic (exact) mass is 242 g/mol. The highest BCUT2D eigenvalue weighted by atomic mass is 16.5. The van der Waals surface area contributed by atoms with Crippen molar-refractivity contribution in [3.63, 3.8) is 0 Å². The third-order valence-electron chi connectivity index (χ3n) is 2.52. The van der Waals surface area contributed by atoms with Crippen LogP contribution in [-0.4, -0.2) is 17.7 Å². The van der Waals surface area contributed by atoms with Gasteiger partial charge in [-0.15, -0.1) is 0 Å². The van der Waals surface area contributed by atoms with E-state index in [-0.39, 0.29) is 12.6 Å². The minimum absolute atomic E-state index is 0.0794. The molecule has 0 bridgehead atoms. The Morgan fingerprint density at radius 1 is 1.06 bits per heavy atom. The smallest absolute Gasteiger partial charge is 0.343 e. The van der Waals surface area contributed by atoms with E-state index < -0.39 is 0 Å². The zero-order chi connectivity index (χ0) is 12.8. The van der Waals surface area contributed by atoms with Crippen LogP contribution in [0.4, 0.5) is 0 Å². The van der Waals surface area contributed by atoms with Crippen molar-refractivity contribution >= 4 is 5.97 Å². The summed E-state index contributed by atoms with van der Waals surface area (Å²) >= 11 is 0. The molecule has 18 heavy (non-hydrogen) atoms. The zero-order valence-corrected chi connectivity index (χ0v) is 9.87. The Hall–Kier alpha value is -2.13. The minimum atomic E-state index is -0.378. The van der Waals surface area contributed by atoms with Gasteiger partial charge >= 0.3 is 5.97 Å². The Bertz CT molecular complexity index is 520. The lowest BCUT2D eigenvalue weighted by atomic mass is 10.1. The van der Waals surface area contributed by atoms with Crippen LogP contribution in [0.25, 0.3) is 0 Å². The number of hydrogen-bond donors (Lipinski definition) is 1. The Kier molecular flexibility index (Phi) is 4.10. The Morgan fingerprint density at radius 2 is 1.83 bits per heavy atom. The molecule has 0 saturated carbocycles. The van der Waals surface area contributed by atoms with Crippen molar-refractivity contribution in [2.24, 2.45) is 0 Å². The molecule has 3 heteroatoms. The number of benzene rings is 2. The summed E-state index contributed by atoms with van der Waals surface area (Å²) in [5, 5.41) is 8.86. The molecule has 0 radical (unpaired) electrons. The highest BCUT2D eigenvalue weighted by Crippen LogP contribution is 2.15. The van der Waals surface area contributed by atoms with E-state index in [2.05, 4.69) is 0 Å². The van der Waals surface area contributed by atoms with Crippen molar-refractivity contribution in [3.8, 4) is 5.75 Å². The molecule has 2 aromatic rings. The number of rotatable bonds is 4. The zero-order valence-electron chi connectivity index (χ0n) is 9.87. The lowest BCUT2D eigenvalue weighted by Gasteiger charge is -2.05. The minimum Gasteiger partial charge on any atom is -0.423 e. The maximum absolute atomic E-state index is 11.8. The Labute approximate surface area is 106 Å². The van der Waals surface area contributed by atoms with E-state index >= 15 is 0 Å². The van der Waals surface area contributed by atoms with Gasteiger partial charge < -0.3 is 9.84 Å². The predicted octanol–water partition coefficient (Wildman–Crippen LogP) is 2.44. The van der Waals surface area contributed by atoms with Gasteiger partial charge in [0.2, 0.25) is 0 Å². The van der Waals surface area contributed by atoms with Gasteiger partial charge in [-0.2, -0.15) is 0 Å². The second-order valence-corrected chi connectivity index (χ2v) is 3.88. The molecule has 0 aliphatic heterocycles. The van der Waals surface area contributed by atoms with E-state index in [1.807, 2.05) is 12.1 Å². The first-order valence-corrected chi connectivity index (χ1v) is 5.76. The standard InChI is InChI=1S/C15H14O3/c16-10-9-12-5-4-8-14(11-12)18-15(17)13-6-2-1-3-7-13/h1-8,11,16H,9-10H2. The van der Waals surface area contributed by atoms with Crippen LogP contribution in [0.3, 0.4) is 0 Å². The average molecular weight is 242 g/mol. The van der Waals surface area contributed by atoms with E-state index in [9.17, 15) is 4.79 Å². The van der Waals surface area contributed by atoms with Crippen LogP contribution in [0, 0.1) is 0 Å². The van der Waals surface area contributed by atoms with Crippen LogP contribution >= 0.6 is 0 Å². The lowest BCUT2D eigenvalue weighted by molar-refractivity contribution is 0.0734. The first-order valence-electron chi connectivity index (χ1n) is 5.76. The molecule has 2 aromatic carbocycles. The maximum atomic E-state index is 11.8. The first-order chi connectivity index (χ1) is 8.79. The van der Waals surface area contributed by atoms with Gasteiger partial charge in [-0.05, 0) is 36.2 Å². The van der Waals surface area contributed by atoms with Gasteiger partial charge in [0.05, 0.1) is 5.56 Å². The van der Waals surface area contributed by atoms with Crippen molar-refractivity contribution < 1.29 is 14.6 Å². The lowest BCUT2D eigenvalue weighted by Crippen LogP contribution is -2.08. The quantitative estimate of drug-likeness (QED) is 0.661. The summed E-state index contributed by atoms with van der Waals surface area (Å²) < 4.78 is 5.27. The summed E-state index contributed by atoms with van der Waals surface area (Å²) in [6.07, 6.45) is 0.552. The third kappa shape index (κ3) is 3.18. The number of aliphatic hydroxyl groups excluding tert-OH is 1. The summed E-state index contributed by atoms with van der Waals surface area (Å²) in [5.74, 6) is 0.117. The van der Waals surface area contributed by atoms with Gasteiger partial charge in [0, 0.05) is 6.61 Å². The fourth-order valence-corrected chi connectivity index (χ4v) is 1.63. The molecule has 0 saturated heterocycles. The van der Waals surface area contributed by atoms with Crippen LogP contribution in [0.2, 0.25) is 0 Å². The second kappa shape index (κ2) is 5.98. The summed E-state index contributed by atoms with van der Waals surface area (Å²) in [5.41, 5.74) is 1.46. The molecular weight excluding hydrogens is 228 g/mol. The van der Waals surface area contributed by atoms with Crippen LogP contribution in [-0.2, 0) is 6.42 Å². The van der Waals surface area contributed by atoms with Crippen molar-refractivity contribution in [2.45, 2.75) is 6.42 Å². The van der Waals surface area contributed by atoms with Crippen molar-refractivity contribution in [2.75, 3.05) is 6.61 Å². The fourth-order valence-electron chi connectivity index (χ4n) is 1.63. The SMILES string of the molecule is O=C(Oc1cccc(CCO)c1)c1ccccc1. The topological polar surface area (TPSA) is 46.5 Å². The molecule has 3 nitrogen and oxygen atoms in total. The molecule has 0 amide bonds. The number of esters is 1. The molecule has 2 rings (SSSR count). The molecule has 0 unspecified atom stereocenters. The van der Waals surface area contributed by atoms with Crippen LogP contribution in [0.1, 0.15) is 15.9 Å². The van der Waals surface area contributed by atoms with Gasteiger partial charge in [0.25, 0.3) is 0 Å². The molecule has 0 aliphatic carbocycles. The van der Waals surface area contributed by atoms with E-state index in [0.717, 1.165) is 5.56 Å². The van der Waals surface area contributed by atoms with E-state index in [4.69, 9.17) is 9.84 Å². The number of hydrogen-bond acceptors (Lipinski definition) is 3. The molecule has 0 aromatic heterocycles. The molecule has 0 atom stereocenters. The van der Waals surface area contributed by atoms with Crippen LogP contribution < -0.4 is 4.74 Å². The maximum Gasteiger partial charge on any atom is 0.343 e. The summed E-state index contributed by atoms with van der Waals surface area (Å²) in [6, 6.07) is 16.0. The first kappa shape index (κ1) is 12.3. The Morgan fingerprint density at radius 3 is 2.56 bits per heavy atom. The molecule has 0 fully saturated rings. The Balaban J connectivity index is 2.10. The molecular formula is C15H14O3.